The van der Waals surface area contributed by atoms with Crippen molar-refractivity contribution in [2.45, 2.75) is 13.5 Å². The Balaban J connectivity index is 2.10. The second-order valence-corrected chi connectivity index (χ2v) is 6.21. The Labute approximate surface area is 151 Å². The number of nitrogens with zero attached hydrogens (tertiary/aromatic N) is 4. The fourth-order valence-electron chi connectivity index (χ4n) is 2.17. The van der Waals surface area contributed by atoms with E-state index >= 15 is 0 Å². The van der Waals surface area contributed by atoms with Crippen LogP contribution in [0.15, 0.2) is 46.7 Å². The van der Waals surface area contributed by atoms with E-state index in [2.05, 4.69) is 10.1 Å². The number of hydrogen-bond donors (Lipinski definition) is 0. The SMILES string of the molecule is CCn1nc(C(=O)N(c2ccc(F)c(Cl)c2)c2nccs2)ccc1=O. The van der Waals surface area contributed by atoms with Crippen molar-refractivity contribution in [1.82, 2.24) is 14.8 Å². The molecule has 0 saturated carbocycles. The first-order valence-corrected chi connectivity index (χ1v) is 8.54. The number of carbonyl (C=O) groups is 1. The van der Waals surface area contributed by atoms with Gasteiger partial charge in [0.2, 0.25) is 0 Å². The van der Waals surface area contributed by atoms with Crippen molar-refractivity contribution in [3.8, 4) is 0 Å². The lowest BCUT2D eigenvalue weighted by molar-refractivity contribution is 0.0992. The summed E-state index contributed by atoms with van der Waals surface area (Å²) in [6.07, 6.45) is 1.55. The summed E-state index contributed by atoms with van der Waals surface area (Å²) in [5.74, 6) is -1.09. The second-order valence-electron chi connectivity index (χ2n) is 4.93. The van der Waals surface area contributed by atoms with Gasteiger partial charge in [0.15, 0.2) is 5.13 Å². The first-order valence-electron chi connectivity index (χ1n) is 7.28. The molecule has 1 aromatic carbocycles. The summed E-state index contributed by atoms with van der Waals surface area (Å²) in [5.41, 5.74) is 0.115. The van der Waals surface area contributed by atoms with Gasteiger partial charge in [0.1, 0.15) is 11.5 Å². The smallest absolute Gasteiger partial charge is 0.268 e. The molecule has 1 amide bonds. The summed E-state index contributed by atoms with van der Waals surface area (Å²) in [6, 6.07) is 6.57. The van der Waals surface area contributed by atoms with Gasteiger partial charge in [-0.1, -0.05) is 11.6 Å². The summed E-state index contributed by atoms with van der Waals surface area (Å²) < 4.78 is 14.7. The van der Waals surface area contributed by atoms with Crippen LogP contribution in [0.1, 0.15) is 17.4 Å². The summed E-state index contributed by atoms with van der Waals surface area (Å²) in [5, 5.41) is 6.04. The highest BCUT2D eigenvalue weighted by Gasteiger charge is 2.24. The van der Waals surface area contributed by atoms with Crippen molar-refractivity contribution in [3.63, 3.8) is 0 Å². The van der Waals surface area contributed by atoms with Crippen LogP contribution in [0.5, 0.6) is 0 Å². The molecule has 0 fully saturated rings. The minimum absolute atomic E-state index is 0.0668. The molecule has 9 heteroatoms. The van der Waals surface area contributed by atoms with Crippen LogP contribution in [0.3, 0.4) is 0 Å². The Morgan fingerprint density at radius 1 is 1.36 bits per heavy atom. The number of aromatic nitrogens is 3. The monoisotopic (exact) mass is 378 g/mol. The molecule has 0 aliphatic rings. The quantitative estimate of drug-likeness (QED) is 0.697. The number of carbonyl (C=O) groups excluding carboxylic acids is 1. The van der Waals surface area contributed by atoms with E-state index < -0.39 is 11.7 Å². The number of halogens is 2. The van der Waals surface area contributed by atoms with Gasteiger partial charge < -0.3 is 0 Å². The number of aryl methyl sites for hydroxylation is 1. The van der Waals surface area contributed by atoms with Gasteiger partial charge >= 0.3 is 0 Å². The van der Waals surface area contributed by atoms with Crippen LogP contribution in [0, 0.1) is 5.82 Å². The predicted molar refractivity (Wildman–Crippen MR) is 94.2 cm³/mol. The summed E-state index contributed by atoms with van der Waals surface area (Å²) >= 11 is 7.08. The molecule has 6 nitrogen and oxygen atoms in total. The van der Waals surface area contributed by atoms with Gasteiger partial charge in [-0.15, -0.1) is 11.3 Å². The van der Waals surface area contributed by atoms with E-state index in [-0.39, 0.29) is 16.3 Å². The maximum atomic E-state index is 13.5. The Morgan fingerprint density at radius 3 is 2.80 bits per heavy atom. The Hall–Kier alpha value is -2.58. The van der Waals surface area contributed by atoms with E-state index in [9.17, 15) is 14.0 Å². The van der Waals surface area contributed by atoms with Crippen molar-refractivity contribution in [2.24, 2.45) is 0 Å². The molecular formula is C16H12ClFN4O2S. The third kappa shape index (κ3) is 3.45. The molecule has 2 heterocycles. The topological polar surface area (TPSA) is 68.1 Å². The van der Waals surface area contributed by atoms with Crippen molar-refractivity contribution in [1.29, 1.82) is 0 Å². The fourth-order valence-corrected chi connectivity index (χ4v) is 3.00. The lowest BCUT2D eigenvalue weighted by Crippen LogP contribution is -2.30. The summed E-state index contributed by atoms with van der Waals surface area (Å²) in [7, 11) is 0. The predicted octanol–water partition coefficient (Wildman–Crippen LogP) is 3.49. The van der Waals surface area contributed by atoms with Crippen LogP contribution in [0.25, 0.3) is 0 Å². The van der Waals surface area contributed by atoms with Crippen LogP contribution < -0.4 is 10.5 Å². The summed E-state index contributed by atoms with van der Waals surface area (Å²) in [4.78, 5) is 30.1. The molecular weight excluding hydrogens is 367 g/mol. The lowest BCUT2D eigenvalue weighted by Gasteiger charge is -2.20. The van der Waals surface area contributed by atoms with Gasteiger partial charge in [-0.25, -0.2) is 14.1 Å². The maximum Gasteiger partial charge on any atom is 0.285 e. The highest BCUT2D eigenvalue weighted by atomic mass is 35.5. The number of anilines is 2. The minimum atomic E-state index is -0.588. The number of amides is 1. The standard InChI is InChI=1S/C16H12ClFN4O2S/c1-2-21-14(23)6-5-13(20-21)15(24)22(16-19-7-8-25-16)10-3-4-12(18)11(17)9-10/h3-9H,2H2,1H3. The van der Waals surface area contributed by atoms with Gasteiger partial charge in [0.25, 0.3) is 11.5 Å². The minimum Gasteiger partial charge on any atom is -0.268 e. The van der Waals surface area contributed by atoms with E-state index in [4.69, 9.17) is 11.6 Å². The Bertz CT molecular complexity index is 975. The molecule has 0 saturated heterocycles. The first-order chi connectivity index (χ1) is 12.0. The number of thiazole rings is 1. The van der Waals surface area contributed by atoms with E-state index in [0.29, 0.717) is 17.4 Å². The van der Waals surface area contributed by atoms with Crippen molar-refractivity contribution in [2.75, 3.05) is 4.90 Å². The molecule has 0 spiro atoms. The third-order valence-corrected chi connectivity index (χ3v) is 4.41. The molecule has 0 atom stereocenters. The Morgan fingerprint density at radius 2 is 2.16 bits per heavy atom. The molecule has 0 aliphatic heterocycles. The molecule has 3 aromatic rings. The molecule has 0 unspecified atom stereocenters. The summed E-state index contributed by atoms with van der Waals surface area (Å²) in [6.45, 7) is 2.08. The van der Waals surface area contributed by atoms with E-state index in [0.717, 1.165) is 0 Å². The first kappa shape index (κ1) is 17.2. The van der Waals surface area contributed by atoms with Crippen LogP contribution in [0.2, 0.25) is 5.02 Å². The average molecular weight is 379 g/mol. The highest BCUT2D eigenvalue weighted by molar-refractivity contribution is 7.13. The van der Waals surface area contributed by atoms with Crippen LogP contribution in [0.4, 0.5) is 15.2 Å². The maximum absolute atomic E-state index is 13.5. The molecule has 25 heavy (non-hydrogen) atoms. The van der Waals surface area contributed by atoms with Crippen LogP contribution in [-0.4, -0.2) is 20.7 Å². The molecule has 0 aliphatic carbocycles. The molecule has 0 radical (unpaired) electrons. The normalized spacial score (nSPS) is 10.7. The largest absolute Gasteiger partial charge is 0.285 e. The second kappa shape index (κ2) is 7.12. The van der Waals surface area contributed by atoms with E-state index in [1.807, 2.05) is 0 Å². The molecule has 2 aromatic heterocycles. The molecule has 0 N–H and O–H groups in total. The van der Waals surface area contributed by atoms with E-state index in [1.54, 1.807) is 18.5 Å². The van der Waals surface area contributed by atoms with Gasteiger partial charge in [0, 0.05) is 24.2 Å². The van der Waals surface area contributed by atoms with Gasteiger partial charge in [-0.2, -0.15) is 5.10 Å². The average Bonchev–Trinajstić information content (AvgIpc) is 3.12. The highest BCUT2D eigenvalue weighted by Crippen LogP contribution is 2.31. The lowest BCUT2D eigenvalue weighted by atomic mass is 10.2. The van der Waals surface area contributed by atoms with E-state index in [1.165, 1.54) is 51.3 Å². The number of rotatable bonds is 4. The van der Waals surface area contributed by atoms with Crippen molar-refractivity contribution < 1.29 is 9.18 Å². The molecule has 128 valence electrons. The fraction of sp³-hybridized carbons (Fsp3) is 0.125. The number of benzene rings is 1. The van der Waals surface area contributed by atoms with Gasteiger partial charge in [0.05, 0.1) is 10.7 Å². The zero-order chi connectivity index (χ0) is 18.0. The zero-order valence-electron chi connectivity index (χ0n) is 13.0. The molecule has 3 rings (SSSR count). The van der Waals surface area contributed by atoms with Crippen molar-refractivity contribution in [3.05, 3.63) is 68.8 Å². The van der Waals surface area contributed by atoms with Crippen LogP contribution >= 0.6 is 22.9 Å². The zero-order valence-corrected chi connectivity index (χ0v) is 14.6. The van der Waals surface area contributed by atoms with Gasteiger partial charge in [-0.05, 0) is 31.2 Å². The Kier molecular flexibility index (Phi) is 4.91. The van der Waals surface area contributed by atoms with Gasteiger partial charge in [-0.3, -0.25) is 14.5 Å². The third-order valence-electron chi connectivity index (χ3n) is 3.36. The molecule has 0 bridgehead atoms. The number of hydrogen-bond acceptors (Lipinski definition) is 5. The van der Waals surface area contributed by atoms with Crippen molar-refractivity contribution >= 4 is 39.7 Å². The van der Waals surface area contributed by atoms with Crippen LogP contribution in [-0.2, 0) is 6.54 Å².